The average molecular weight is 1130 g/mol. The maximum absolute atomic E-state index is 12.4. The summed E-state index contributed by atoms with van der Waals surface area (Å²) in [5, 5.41) is 18.9. The van der Waals surface area contributed by atoms with Gasteiger partial charge in [-0.1, -0.05) is 77.8 Å². The molecule has 0 aliphatic carbocycles. The number of amides is 3. The first kappa shape index (κ1) is 61.2. The molecule has 3 N–H and O–H groups in total. The first-order chi connectivity index (χ1) is 38.3. The van der Waals surface area contributed by atoms with E-state index in [1.54, 1.807) is 60.7 Å². The molecule has 15 heteroatoms. The molecule has 0 aromatic heterocycles. The van der Waals surface area contributed by atoms with Crippen molar-refractivity contribution in [2.75, 3.05) is 97.9 Å². The van der Waals surface area contributed by atoms with Crippen LogP contribution in [-0.4, -0.2) is 131 Å². The SMILES string of the molecule is C[N+](C)(Cc1ccc(NC(=O)c2cccc(C#N)c2)cc1)C1CCOCC1.C[N+](C)(Cc1ccc(NC(=O)c2cccc(Cl)c2)cc1)C1CCOCC1.Cc1ccc(C(=O)Nc2ccc(C[N+](C)(C)C3CCOCC3)cc2)cc1Cl. The monoisotopic (exact) mass is 1120 g/mol. The lowest BCUT2D eigenvalue weighted by molar-refractivity contribution is -0.929. The van der Waals surface area contributed by atoms with Gasteiger partial charge in [-0.05, 0) is 97.4 Å². The van der Waals surface area contributed by atoms with E-state index in [4.69, 9.17) is 42.7 Å². The van der Waals surface area contributed by atoms with Gasteiger partial charge in [0.1, 0.15) is 19.6 Å². The van der Waals surface area contributed by atoms with E-state index >= 15 is 0 Å². The zero-order chi connectivity index (χ0) is 57.3. The van der Waals surface area contributed by atoms with Crippen LogP contribution in [0, 0.1) is 18.3 Å². The van der Waals surface area contributed by atoms with Gasteiger partial charge in [0.05, 0.1) is 112 Å². The van der Waals surface area contributed by atoms with E-state index in [9.17, 15) is 14.4 Å². The zero-order valence-electron chi connectivity index (χ0n) is 47.6. The maximum atomic E-state index is 12.4. The molecule has 80 heavy (non-hydrogen) atoms. The fraction of sp³-hybridized carbons (Fsp3) is 0.385. The Hall–Kier alpha value is -6.44. The third-order valence-electron chi connectivity index (χ3n) is 15.7. The fourth-order valence-electron chi connectivity index (χ4n) is 10.7. The van der Waals surface area contributed by atoms with Crippen molar-refractivity contribution in [3.63, 3.8) is 0 Å². The van der Waals surface area contributed by atoms with E-state index in [1.165, 1.54) is 16.7 Å². The molecule has 9 rings (SSSR count). The molecule has 0 atom stereocenters. The molecule has 0 unspecified atom stereocenters. The summed E-state index contributed by atoms with van der Waals surface area (Å²) in [5.41, 5.74) is 9.14. The third kappa shape index (κ3) is 18.3. The lowest BCUT2D eigenvalue weighted by Crippen LogP contribution is -2.50. The van der Waals surface area contributed by atoms with Crippen LogP contribution in [0.2, 0.25) is 10.0 Å². The normalized spacial score (nSPS) is 15.4. The number of rotatable bonds is 15. The minimum Gasteiger partial charge on any atom is -0.381 e. The van der Waals surface area contributed by atoms with Crippen molar-refractivity contribution in [1.82, 2.24) is 0 Å². The van der Waals surface area contributed by atoms with Crippen molar-refractivity contribution >= 4 is 58.0 Å². The summed E-state index contributed by atoms with van der Waals surface area (Å²) >= 11 is 12.1. The Balaban J connectivity index is 0.000000173. The van der Waals surface area contributed by atoms with Crippen LogP contribution in [0.25, 0.3) is 0 Å². The molecular weight excluding hydrogens is 1050 g/mol. The van der Waals surface area contributed by atoms with Gasteiger partial charge in [0, 0.05) is 99.0 Å². The van der Waals surface area contributed by atoms with E-state index in [1.807, 2.05) is 49.4 Å². The molecule has 422 valence electrons. The van der Waals surface area contributed by atoms with Crippen LogP contribution in [0.5, 0.6) is 0 Å². The minimum atomic E-state index is -0.210. The second kappa shape index (κ2) is 28.8. The van der Waals surface area contributed by atoms with Gasteiger partial charge in [0.25, 0.3) is 17.7 Å². The van der Waals surface area contributed by atoms with Crippen molar-refractivity contribution in [3.8, 4) is 6.07 Å². The number of nitrogens with zero attached hydrogens (tertiary/aromatic N) is 4. The van der Waals surface area contributed by atoms with Gasteiger partial charge in [-0.3, -0.25) is 14.4 Å². The Kier molecular flexibility index (Phi) is 22.0. The van der Waals surface area contributed by atoms with Crippen molar-refractivity contribution < 1.29 is 42.0 Å². The van der Waals surface area contributed by atoms with Crippen LogP contribution in [0.4, 0.5) is 17.1 Å². The van der Waals surface area contributed by atoms with E-state index in [0.29, 0.717) is 50.4 Å². The van der Waals surface area contributed by atoms with Gasteiger partial charge in [0.2, 0.25) is 0 Å². The number of aryl methyl sites for hydroxylation is 1. The fourth-order valence-corrected chi connectivity index (χ4v) is 11.1. The number of carbonyl (C=O) groups excluding carboxylic acids is 3. The quantitative estimate of drug-likeness (QED) is 0.0870. The van der Waals surface area contributed by atoms with Crippen molar-refractivity contribution in [3.05, 3.63) is 194 Å². The summed E-state index contributed by atoms with van der Waals surface area (Å²) in [6.07, 6.45) is 6.65. The topological polar surface area (TPSA) is 139 Å². The highest BCUT2D eigenvalue weighted by molar-refractivity contribution is 6.32. The van der Waals surface area contributed by atoms with Crippen LogP contribution in [-0.2, 0) is 33.8 Å². The Bertz CT molecular complexity index is 3030. The predicted octanol–water partition coefficient (Wildman–Crippen LogP) is 12.6. The highest BCUT2D eigenvalue weighted by Crippen LogP contribution is 2.27. The van der Waals surface area contributed by atoms with Gasteiger partial charge in [0.15, 0.2) is 0 Å². The van der Waals surface area contributed by atoms with Gasteiger partial charge in [-0.15, -0.1) is 0 Å². The smallest absolute Gasteiger partial charge is 0.255 e. The average Bonchev–Trinajstić information content (AvgIpc) is 3.46. The second-order valence-electron chi connectivity index (χ2n) is 23.0. The molecule has 3 heterocycles. The van der Waals surface area contributed by atoms with E-state index < -0.39 is 0 Å². The van der Waals surface area contributed by atoms with Crippen molar-refractivity contribution in [1.29, 1.82) is 5.26 Å². The largest absolute Gasteiger partial charge is 0.381 e. The summed E-state index contributed by atoms with van der Waals surface area (Å²) < 4.78 is 19.3. The standard InChI is InChI=1S/C22H27ClN2O2.C22H25N3O2.C21H25ClN2O2/c1-16-4-7-18(14-21(16)23)22(26)24-19-8-5-17(6-9-19)15-25(2,3)20-10-12-27-13-11-20;1-25(2,21-10-12-27-13-11-21)16-17-6-8-20(9-7-17)24-22(26)19-5-3-4-18(14-19)15-23;1-24(2,20-10-12-26-13-11-20)15-16-6-8-19(9-7-16)23-21(25)17-4-3-5-18(22)14-17/h4-9,14,20H,10-13,15H2,1-3H3;3-9,14,21H,10-13,16H2,1-2H3;3-9,14,20H,10-13,15H2,1-2H3/p+3. The summed E-state index contributed by atoms with van der Waals surface area (Å²) in [4.78, 5) is 37.1. The van der Waals surface area contributed by atoms with Crippen LogP contribution in [0.15, 0.2) is 140 Å². The number of nitrogens with one attached hydrogen (secondary N) is 3. The molecule has 3 fully saturated rings. The van der Waals surface area contributed by atoms with Crippen LogP contribution >= 0.6 is 23.2 Å². The first-order valence-corrected chi connectivity index (χ1v) is 28.5. The van der Waals surface area contributed by atoms with Gasteiger partial charge < -0.3 is 43.6 Å². The lowest BCUT2D eigenvalue weighted by Gasteiger charge is -2.40. The zero-order valence-corrected chi connectivity index (χ0v) is 49.1. The summed E-state index contributed by atoms with van der Waals surface area (Å²) in [5.74, 6) is -0.514. The molecule has 3 aliphatic rings. The Labute approximate surface area is 484 Å². The Morgan fingerprint density at radius 1 is 0.475 bits per heavy atom. The molecule has 6 aromatic carbocycles. The number of nitriles is 1. The van der Waals surface area contributed by atoms with Crippen LogP contribution < -0.4 is 16.0 Å². The van der Waals surface area contributed by atoms with E-state index in [0.717, 1.165) is 134 Å². The van der Waals surface area contributed by atoms with Crippen LogP contribution in [0.1, 0.15) is 97.4 Å². The number of hydrogen-bond donors (Lipinski definition) is 3. The second-order valence-corrected chi connectivity index (χ2v) is 23.8. The van der Waals surface area contributed by atoms with E-state index in [2.05, 4.69) is 101 Å². The molecular formula is C65H80Cl2N7O6+3. The Morgan fingerprint density at radius 2 is 0.812 bits per heavy atom. The number of hydrogen-bond acceptors (Lipinski definition) is 7. The van der Waals surface area contributed by atoms with Gasteiger partial charge >= 0.3 is 0 Å². The number of quaternary nitrogens is 3. The lowest BCUT2D eigenvalue weighted by atomic mass is 10.0. The highest BCUT2D eigenvalue weighted by Gasteiger charge is 2.33. The maximum Gasteiger partial charge on any atom is 0.255 e. The summed E-state index contributed by atoms with van der Waals surface area (Å²) in [6.45, 7) is 9.95. The molecule has 0 spiro atoms. The number of carbonyl (C=O) groups is 3. The third-order valence-corrected chi connectivity index (χ3v) is 16.4. The summed E-state index contributed by atoms with van der Waals surface area (Å²) in [7, 11) is 13.7. The minimum absolute atomic E-state index is 0.150. The molecule has 3 aliphatic heterocycles. The number of benzene rings is 6. The summed E-state index contributed by atoms with van der Waals surface area (Å²) in [6, 6.07) is 47.2. The molecule has 13 nitrogen and oxygen atoms in total. The van der Waals surface area contributed by atoms with Crippen LogP contribution in [0.3, 0.4) is 0 Å². The van der Waals surface area contributed by atoms with Crippen molar-refractivity contribution in [2.45, 2.75) is 83.2 Å². The Morgan fingerprint density at radius 3 is 1.15 bits per heavy atom. The van der Waals surface area contributed by atoms with Gasteiger partial charge in [-0.2, -0.15) is 5.26 Å². The van der Waals surface area contributed by atoms with E-state index in [-0.39, 0.29) is 17.7 Å². The predicted molar refractivity (Wildman–Crippen MR) is 321 cm³/mol. The molecule has 3 amide bonds. The van der Waals surface area contributed by atoms with Crippen molar-refractivity contribution in [2.24, 2.45) is 0 Å². The first-order valence-electron chi connectivity index (χ1n) is 27.7. The number of halogens is 2. The molecule has 0 radical (unpaired) electrons. The van der Waals surface area contributed by atoms with Gasteiger partial charge in [-0.25, -0.2) is 0 Å². The number of anilines is 3. The number of ether oxygens (including phenoxy) is 3. The molecule has 0 saturated carbocycles. The molecule has 3 saturated heterocycles. The molecule has 6 aromatic rings. The highest BCUT2D eigenvalue weighted by atomic mass is 35.5. The molecule has 0 bridgehead atoms.